The van der Waals surface area contributed by atoms with Gasteiger partial charge < -0.3 is 26.2 Å². The van der Waals surface area contributed by atoms with Gasteiger partial charge in [0.05, 0.1) is 15.5 Å². The van der Waals surface area contributed by atoms with Crippen LogP contribution >= 0.6 is 11.6 Å². The minimum atomic E-state index is -1.59. The fourth-order valence-electron chi connectivity index (χ4n) is 3.34. The summed E-state index contributed by atoms with van der Waals surface area (Å²) >= 11 is 6.17. The summed E-state index contributed by atoms with van der Waals surface area (Å²) in [4.78, 5) is 59.5. The number of nitro benzene ring substituents is 1. The normalized spacial score (nSPS) is 11.2. The minimum Gasteiger partial charge on any atom is -0.508 e. The lowest BCUT2D eigenvalue weighted by Crippen LogP contribution is -2.48. The molecule has 3 aromatic carbocycles. The molecule has 0 aliphatic carbocycles. The molecule has 5 N–H and O–H groups in total. The lowest BCUT2D eigenvalue weighted by Gasteiger charge is -2.16. The summed E-state index contributed by atoms with van der Waals surface area (Å²) in [7, 11) is 0. The van der Waals surface area contributed by atoms with Crippen LogP contribution in [0, 0.1) is 10.1 Å². The summed E-state index contributed by atoms with van der Waals surface area (Å²) in [5.74, 6) is -3.69. The maximum atomic E-state index is 12.7. The second-order valence-corrected chi connectivity index (χ2v) is 8.30. The average molecular weight is 541 g/mol. The van der Waals surface area contributed by atoms with Gasteiger partial charge in [-0.25, -0.2) is 4.79 Å². The monoisotopic (exact) mass is 540 g/mol. The minimum absolute atomic E-state index is 0.0516. The Balaban J connectivity index is 1.63. The van der Waals surface area contributed by atoms with Crippen molar-refractivity contribution in [2.75, 3.05) is 6.54 Å². The van der Waals surface area contributed by atoms with Crippen molar-refractivity contribution >= 4 is 41.0 Å². The molecule has 38 heavy (non-hydrogen) atoms. The number of rotatable bonds is 10. The van der Waals surface area contributed by atoms with Crippen molar-refractivity contribution < 1.29 is 34.3 Å². The molecule has 0 saturated heterocycles. The van der Waals surface area contributed by atoms with Gasteiger partial charge in [-0.1, -0.05) is 35.9 Å². The number of amides is 3. The second-order valence-electron chi connectivity index (χ2n) is 7.90. The zero-order chi connectivity index (χ0) is 27.8. The quantitative estimate of drug-likeness (QED) is 0.191. The topological polar surface area (TPSA) is 188 Å². The highest BCUT2D eigenvalue weighted by molar-refractivity contribution is 6.34. The van der Waals surface area contributed by atoms with Crippen LogP contribution < -0.4 is 16.0 Å². The summed E-state index contributed by atoms with van der Waals surface area (Å²) in [5.41, 5.74) is -0.0486. The van der Waals surface area contributed by atoms with E-state index >= 15 is 0 Å². The molecule has 0 aromatic heterocycles. The van der Waals surface area contributed by atoms with Gasteiger partial charge in [-0.2, -0.15) is 0 Å². The van der Waals surface area contributed by atoms with Crippen LogP contribution in [0.3, 0.4) is 0 Å². The first-order valence-electron chi connectivity index (χ1n) is 11.0. The fraction of sp³-hybridized carbons (Fsp3) is 0.120. The SMILES string of the molecule is O=C(NCc1cccc(O)c1)c1ccc(C(=O)N[C@@H](CNC(=O)c2ccccc2[N+](=O)[O-])C(=O)O)c(Cl)c1. The molecule has 12 nitrogen and oxygen atoms in total. The summed E-state index contributed by atoms with van der Waals surface area (Å²) in [6.45, 7) is -0.440. The first-order chi connectivity index (χ1) is 18.1. The van der Waals surface area contributed by atoms with Crippen LogP contribution in [0.25, 0.3) is 0 Å². The number of hydrogen-bond acceptors (Lipinski definition) is 7. The Morgan fingerprint density at radius 2 is 1.63 bits per heavy atom. The maximum absolute atomic E-state index is 12.7. The van der Waals surface area contributed by atoms with Gasteiger partial charge in [0.15, 0.2) is 0 Å². The van der Waals surface area contributed by atoms with Crippen LogP contribution in [-0.2, 0) is 11.3 Å². The molecule has 3 aromatic rings. The van der Waals surface area contributed by atoms with Gasteiger partial charge in [-0.3, -0.25) is 24.5 Å². The van der Waals surface area contributed by atoms with Crippen molar-refractivity contribution in [2.24, 2.45) is 0 Å². The number of carbonyl (C=O) groups is 4. The van der Waals surface area contributed by atoms with E-state index < -0.39 is 46.9 Å². The third kappa shape index (κ3) is 7.04. The van der Waals surface area contributed by atoms with Crippen LogP contribution in [-0.4, -0.2) is 51.4 Å². The molecule has 0 aliphatic rings. The highest BCUT2D eigenvalue weighted by Crippen LogP contribution is 2.19. The molecule has 0 radical (unpaired) electrons. The smallest absolute Gasteiger partial charge is 0.328 e. The number of phenolic OH excluding ortho intramolecular Hbond substituents is 1. The summed E-state index contributed by atoms with van der Waals surface area (Å²) in [6, 6.07) is 13.7. The molecule has 0 spiro atoms. The van der Waals surface area contributed by atoms with Crippen molar-refractivity contribution in [3.05, 3.63) is 104 Å². The van der Waals surface area contributed by atoms with E-state index in [9.17, 15) is 39.5 Å². The number of nitro groups is 1. The van der Waals surface area contributed by atoms with Crippen molar-refractivity contribution in [3.8, 4) is 5.75 Å². The molecule has 0 bridgehead atoms. The van der Waals surface area contributed by atoms with E-state index in [-0.39, 0.29) is 34.0 Å². The molecular weight excluding hydrogens is 520 g/mol. The van der Waals surface area contributed by atoms with Gasteiger partial charge in [0.1, 0.15) is 17.4 Å². The largest absolute Gasteiger partial charge is 0.508 e. The van der Waals surface area contributed by atoms with Crippen molar-refractivity contribution in [1.82, 2.24) is 16.0 Å². The number of phenols is 1. The molecule has 196 valence electrons. The number of hydrogen-bond donors (Lipinski definition) is 5. The van der Waals surface area contributed by atoms with E-state index in [2.05, 4.69) is 16.0 Å². The third-order valence-corrected chi connectivity index (χ3v) is 5.57. The maximum Gasteiger partial charge on any atom is 0.328 e. The van der Waals surface area contributed by atoms with E-state index in [1.54, 1.807) is 12.1 Å². The van der Waals surface area contributed by atoms with E-state index in [1.165, 1.54) is 48.5 Å². The van der Waals surface area contributed by atoms with Crippen molar-refractivity contribution in [2.45, 2.75) is 12.6 Å². The molecule has 3 rings (SSSR count). The van der Waals surface area contributed by atoms with Gasteiger partial charge in [0.25, 0.3) is 23.4 Å². The van der Waals surface area contributed by atoms with E-state index in [0.717, 1.165) is 6.07 Å². The Kier molecular flexibility index (Phi) is 8.95. The number of aromatic hydroxyl groups is 1. The van der Waals surface area contributed by atoms with Crippen LogP contribution in [0.5, 0.6) is 5.75 Å². The number of halogens is 1. The highest BCUT2D eigenvalue weighted by atomic mass is 35.5. The first kappa shape index (κ1) is 27.6. The van der Waals surface area contributed by atoms with Gasteiger partial charge in [-0.15, -0.1) is 0 Å². The number of nitrogens with one attached hydrogen (secondary N) is 3. The number of nitrogens with zero attached hydrogens (tertiary/aromatic N) is 1. The van der Waals surface area contributed by atoms with Crippen LogP contribution in [0.1, 0.15) is 36.6 Å². The van der Waals surface area contributed by atoms with Gasteiger partial charge in [-0.05, 0) is 42.0 Å². The Morgan fingerprint density at radius 3 is 2.29 bits per heavy atom. The zero-order valence-corrected chi connectivity index (χ0v) is 20.3. The molecule has 0 saturated carbocycles. The van der Waals surface area contributed by atoms with Crippen molar-refractivity contribution in [1.29, 1.82) is 0 Å². The van der Waals surface area contributed by atoms with Gasteiger partial charge >= 0.3 is 5.97 Å². The fourth-order valence-corrected chi connectivity index (χ4v) is 3.61. The number of benzene rings is 3. The molecular formula is C25H21ClN4O8. The number of carboxylic acid groups (broad SMARTS) is 1. The zero-order valence-electron chi connectivity index (χ0n) is 19.5. The Labute approximate surface area is 220 Å². The second kappa shape index (κ2) is 12.3. The molecule has 1 atom stereocenters. The van der Waals surface area contributed by atoms with Gasteiger partial charge in [0, 0.05) is 24.7 Å². The number of carboxylic acids is 1. The Bertz CT molecular complexity index is 1410. The number of aliphatic carboxylic acids is 1. The predicted molar refractivity (Wildman–Crippen MR) is 135 cm³/mol. The van der Waals surface area contributed by atoms with E-state index in [4.69, 9.17) is 11.6 Å². The third-order valence-electron chi connectivity index (χ3n) is 5.26. The highest BCUT2D eigenvalue weighted by Gasteiger charge is 2.25. The average Bonchev–Trinajstić information content (AvgIpc) is 2.89. The van der Waals surface area contributed by atoms with E-state index in [0.29, 0.717) is 5.56 Å². The lowest BCUT2D eigenvalue weighted by atomic mass is 10.1. The number of para-hydroxylation sites is 1. The first-order valence-corrected chi connectivity index (χ1v) is 11.4. The summed E-state index contributed by atoms with van der Waals surface area (Å²) in [5, 5.41) is 37.1. The van der Waals surface area contributed by atoms with Crippen molar-refractivity contribution in [3.63, 3.8) is 0 Å². The molecule has 3 amide bonds. The summed E-state index contributed by atoms with van der Waals surface area (Å²) < 4.78 is 0. The molecule has 0 fully saturated rings. The molecule has 13 heteroatoms. The van der Waals surface area contributed by atoms with Gasteiger partial charge in [0.2, 0.25) is 0 Å². The van der Waals surface area contributed by atoms with Crippen LogP contribution in [0.4, 0.5) is 5.69 Å². The predicted octanol–water partition coefficient (Wildman–Crippen LogP) is 2.50. The Hall–Kier alpha value is -4.97. The van der Waals surface area contributed by atoms with E-state index in [1.807, 2.05) is 0 Å². The lowest BCUT2D eigenvalue weighted by molar-refractivity contribution is -0.385. The van der Waals surface area contributed by atoms with Crippen LogP contribution in [0.15, 0.2) is 66.7 Å². The Morgan fingerprint density at radius 1 is 0.895 bits per heavy atom. The number of carbonyl (C=O) groups excluding carboxylic acids is 3. The summed E-state index contributed by atoms with van der Waals surface area (Å²) in [6.07, 6.45) is 0. The molecule has 0 heterocycles. The molecule has 0 unspecified atom stereocenters. The molecule has 0 aliphatic heterocycles. The van der Waals surface area contributed by atoms with Crippen LogP contribution in [0.2, 0.25) is 5.02 Å². The standard InChI is InChI=1S/C25H21ClN4O8/c26-19-11-15(22(32)27-12-14-4-3-5-16(31)10-14)8-9-17(19)24(34)29-20(25(35)36)13-28-23(33)18-6-1-2-7-21(18)30(37)38/h1-11,20,31H,12-13H2,(H,27,32)(H,28,33)(H,29,34)(H,35,36)/t20-/m0/s1.